The summed E-state index contributed by atoms with van der Waals surface area (Å²) in [7, 11) is 4.20. The second kappa shape index (κ2) is 8.44. The molecule has 2 saturated carbocycles. The number of rotatable bonds is 2. The van der Waals surface area contributed by atoms with E-state index in [1.807, 2.05) is 0 Å². The molecule has 0 spiro atoms. The number of halogens is 1. The minimum absolute atomic E-state index is 0.786. The van der Waals surface area contributed by atoms with E-state index in [1.165, 1.54) is 64.2 Å². The van der Waals surface area contributed by atoms with Crippen LogP contribution in [0.1, 0.15) is 64.2 Å². The van der Waals surface area contributed by atoms with Crippen molar-refractivity contribution < 1.29 is 15.1 Å². The van der Waals surface area contributed by atoms with Crippen LogP contribution in [0.4, 0.5) is 0 Å². The summed E-state index contributed by atoms with van der Waals surface area (Å²) in [6.45, 7) is 2.38. The van der Waals surface area contributed by atoms with Gasteiger partial charge in [-0.05, 0) is 38.1 Å². The molecule has 0 aromatic carbocycles. The van der Waals surface area contributed by atoms with Gasteiger partial charge in [0.05, 0.1) is 0 Å². The molecule has 2 nitrogen and oxygen atoms in total. The van der Waals surface area contributed by atoms with Gasteiger partial charge in [-0.15, -0.1) is 0 Å². The van der Waals surface area contributed by atoms with Gasteiger partial charge < -0.3 is 9.80 Å². The van der Waals surface area contributed by atoms with Crippen LogP contribution in [-0.2, 0) is 15.1 Å². The van der Waals surface area contributed by atoms with Gasteiger partial charge >= 0.3 is 25.2 Å². The average molecular weight is 332 g/mol. The molecule has 0 radical (unpaired) electrons. The SMILES string of the molecule is C1=CN(C2CCCCC2)[CH-]N1C1CCCCC1.[Cl][Cu+]. The van der Waals surface area contributed by atoms with E-state index in [4.69, 9.17) is 0 Å². The Labute approximate surface area is 130 Å². The van der Waals surface area contributed by atoms with Crippen molar-refractivity contribution in [1.82, 2.24) is 9.80 Å². The molecular weight excluding hydrogens is 307 g/mol. The van der Waals surface area contributed by atoms with E-state index >= 15 is 0 Å². The van der Waals surface area contributed by atoms with Crippen molar-refractivity contribution >= 4 is 10.1 Å². The molecule has 19 heavy (non-hydrogen) atoms. The molecule has 0 bridgehead atoms. The molecule has 0 unspecified atom stereocenters. The van der Waals surface area contributed by atoms with Crippen molar-refractivity contribution in [2.24, 2.45) is 0 Å². The Morgan fingerprint density at radius 1 is 0.737 bits per heavy atom. The molecule has 0 saturated heterocycles. The molecule has 1 aliphatic heterocycles. The monoisotopic (exact) mass is 331 g/mol. The van der Waals surface area contributed by atoms with Gasteiger partial charge in [-0.1, -0.05) is 38.5 Å². The van der Waals surface area contributed by atoms with Crippen LogP contribution in [-0.4, -0.2) is 21.9 Å². The fraction of sp³-hybridized carbons (Fsp3) is 0.800. The van der Waals surface area contributed by atoms with Crippen LogP contribution in [0.15, 0.2) is 12.4 Å². The van der Waals surface area contributed by atoms with E-state index in [-0.39, 0.29) is 0 Å². The van der Waals surface area contributed by atoms with Crippen LogP contribution in [0, 0.1) is 6.67 Å². The van der Waals surface area contributed by atoms with E-state index in [1.54, 1.807) is 0 Å². The van der Waals surface area contributed by atoms with E-state index in [9.17, 15) is 0 Å². The minimum atomic E-state index is 0.786. The summed E-state index contributed by atoms with van der Waals surface area (Å²) in [5, 5.41) is 0. The van der Waals surface area contributed by atoms with Crippen molar-refractivity contribution in [3.8, 4) is 0 Å². The van der Waals surface area contributed by atoms with Crippen molar-refractivity contribution in [3.05, 3.63) is 19.1 Å². The molecule has 3 rings (SSSR count). The van der Waals surface area contributed by atoms with Crippen molar-refractivity contribution in [2.75, 3.05) is 0 Å². The van der Waals surface area contributed by atoms with Gasteiger partial charge in [0.1, 0.15) is 0 Å². The molecule has 0 amide bonds. The first kappa shape index (κ1) is 15.5. The van der Waals surface area contributed by atoms with Crippen molar-refractivity contribution in [1.29, 1.82) is 0 Å². The standard InChI is InChI=1S/C15H25N2.ClH.Cu/c1-3-7-14(8-4-1)16-11-12-17(13-16)15-9-5-2-6-10-15;;/h11-15H,1-10H2;1H;/q-1;;+2/p-1. The fourth-order valence-electron chi connectivity index (χ4n) is 3.58. The van der Waals surface area contributed by atoms with Crippen LogP contribution < -0.4 is 0 Å². The molecule has 2 aliphatic carbocycles. The molecule has 1 heterocycles. The Morgan fingerprint density at radius 3 is 1.47 bits per heavy atom. The summed E-state index contributed by atoms with van der Waals surface area (Å²) in [5.41, 5.74) is 0. The average Bonchev–Trinajstić information content (AvgIpc) is 3.01. The second-order valence-corrected chi connectivity index (χ2v) is 5.89. The molecule has 0 N–H and O–H groups in total. The summed E-state index contributed by atoms with van der Waals surface area (Å²) < 4.78 is 0. The zero-order valence-corrected chi connectivity index (χ0v) is 13.2. The van der Waals surface area contributed by atoms with Gasteiger partial charge in [-0.2, -0.15) is 6.67 Å². The molecule has 4 heteroatoms. The number of hydrogen-bond donors (Lipinski definition) is 0. The van der Waals surface area contributed by atoms with Crippen LogP contribution in [0.3, 0.4) is 0 Å². The van der Waals surface area contributed by atoms with E-state index in [0.29, 0.717) is 0 Å². The molecular formula is C15H25ClCuN2. The summed E-state index contributed by atoms with van der Waals surface area (Å²) in [6.07, 6.45) is 18.8. The zero-order chi connectivity index (χ0) is 13.5. The van der Waals surface area contributed by atoms with Gasteiger partial charge in [-0.25, -0.2) is 0 Å². The molecule has 0 atom stereocenters. The van der Waals surface area contributed by atoms with Crippen molar-refractivity contribution in [2.45, 2.75) is 76.3 Å². The third kappa shape index (κ3) is 4.31. The molecule has 113 valence electrons. The van der Waals surface area contributed by atoms with Crippen LogP contribution >= 0.6 is 10.1 Å². The first-order valence-corrected chi connectivity index (χ1v) is 8.93. The summed E-state index contributed by atoms with van der Waals surface area (Å²) in [6, 6.07) is 1.57. The predicted octanol–water partition coefficient (Wildman–Crippen LogP) is 4.55. The van der Waals surface area contributed by atoms with Crippen LogP contribution in [0.2, 0.25) is 0 Å². The number of hydrogen-bond acceptors (Lipinski definition) is 2. The van der Waals surface area contributed by atoms with Gasteiger partial charge in [0.25, 0.3) is 0 Å². The third-order valence-corrected chi connectivity index (χ3v) is 4.67. The van der Waals surface area contributed by atoms with E-state index in [0.717, 1.165) is 12.1 Å². The molecule has 2 fully saturated rings. The normalized spacial score (nSPS) is 25.4. The summed E-state index contributed by atoms with van der Waals surface area (Å²) in [5.74, 6) is 0. The maximum atomic E-state index is 4.20. The quantitative estimate of drug-likeness (QED) is 0.541. The Bertz CT molecular complexity index is 247. The van der Waals surface area contributed by atoms with E-state index < -0.39 is 0 Å². The molecule has 0 aromatic heterocycles. The second-order valence-electron chi connectivity index (χ2n) is 5.89. The van der Waals surface area contributed by atoms with Gasteiger partial charge in [0.2, 0.25) is 0 Å². The fourth-order valence-corrected chi connectivity index (χ4v) is 3.58. The van der Waals surface area contributed by atoms with Crippen LogP contribution in [0.25, 0.3) is 0 Å². The third-order valence-electron chi connectivity index (χ3n) is 4.67. The Hall–Kier alpha value is 0.149. The maximum absolute atomic E-state index is 4.20. The molecule has 0 aromatic rings. The zero-order valence-electron chi connectivity index (χ0n) is 11.5. The first-order valence-electron chi connectivity index (χ1n) is 7.63. The Morgan fingerprint density at radius 2 is 1.11 bits per heavy atom. The molecule has 3 aliphatic rings. The van der Waals surface area contributed by atoms with Gasteiger partial charge in [0.15, 0.2) is 0 Å². The Kier molecular flexibility index (Phi) is 6.90. The van der Waals surface area contributed by atoms with Gasteiger partial charge in [0, 0.05) is 12.1 Å². The summed E-state index contributed by atoms with van der Waals surface area (Å²) in [4.78, 5) is 4.96. The Balaban J connectivity index is 0.000000637. The van der Waals surface area contributed by atoms with Crippen molar-refractivity contribution in [3.63, 3.8) is 0 Å². The first-order chi connectivity index (χ1) is 9.43. The predicted molar refractivity (Wildman–Crippen MR) is 76.7 cm³/mol. The van der Waals surface area contributed by atoms with Crippen LogP contribution in [0.5, 0.6) is 0 Å². The summed E-state index contributed by atoms with van der Waals surface area (Å²) >= 11 is 3.66. The van der Waals surface area contributed by atoms with Gasteiger partial charge in [-0.3, -0.25) is 0 Å². The number of nitrogens with zero attached hydrogens (tertiary/aromatic N) is 2. The van der Waals surface area contributed by atoms with E-state index in [2.05, 4.69) is 54.1 Å². The topological polar surface area (TPSA) is 6.48 Å².